The first-order valence-corrected chi connectivity index (χ1v) is 20.7. The van der Waals surface area contributed by atoms with Gasteiger partial charge in [0.1, 0.15) is 11.6 Å². The summed E-state index contributed by atoms with van der Waals surface area (Å²) in [6, 6.07) is 8.95. The number of alkyl halides is 2. The summed E-state index contributed by atoms with van der Waals surface area (Å²) in [6.45, 7) is 4.31. The van der Waals surface area contributed by atoms with Crippen LogP contribution in [0.25, 0.3) is 11.3 Å². The fraction of sp³-hybridized carbons (Fsp3) is 0.432. The molecule has 62 heavy (non-hydrogen) atoms. The van der Waals surface area contributed by atoms with Crippen molar-refractivity contribution < 1.29 is 41.5 Å². The Balaban J connectivity index is 0.960. The van der Waals surface area contributed by atoms with E-state index in [1.54, 1.807) is 55.2 Å². The van der Waals surface area contributed by atoms with Gasteiger partial charge in [0.2, 0.25) is 23.7 Å². The maximum atomic E-state index is 15.9. The maximum Gasteiger partial charge on any atom is 0.280 e. The minimum Gasteiger partial charge on any atom is -0.477 e. The van der Waals surface area contributed by atoms with Crippen LogP contribution in [0, 0.1) is 24.5 Å². The lowest BCUT2D eigenvalue weighted by atomic mass is 9.89. The average molecular weight is 858 g/mol. The number of carbonyl (C=O) groups is 4. The lowest BCUT2D eigenvalue weighted by Gasteiger charge is -2.42. The van der Waals surface area contributed by atoms with Gasteiger partial charge in [-0.15, -0.1) is 0 Å². The first kappa shape index (κ1) is 42.5. The standard InChI is InChI=1S/C44H47F4N9O5/c1-24-6-5-15-62-42-30(21-49-55(42)4)34-19-28(16-25(2)50-34)39(59)53-43-51-33-9-7-27(20-35(33)57(43)22-24)41(61)54(3)36-12-14-56(23-44(36,47)48)13-11-26-17-31(45)38(32(46)18-26)29-8-10-37(58)52-40(29)60/h7,9,16-21,24,29,36H,5-6,8,10-15,22-23H2,1-4H3,(H,51,53,59)(H,52,58,60)/t24-,29-,36+/m1/s1. The van der Waals surface area contributed by atoms with E-state index in [1.165, 1.54) is 11.9 Å². The number of aromatic nitrogens is 3. The number of amides is 4. The SMILES string of the molecule is Cc1cc2cc(n1)-c1cnn(C)c1OCCC[C@@H](C)CN1/C(=N/C2=O)Nc2ccc(C(=O)N(C)[C@H]3CCN(CCc4cc(F)c([C@H]5CCC(=O)NC5=O)c(F)c4)CC3(F)F)cc21. The second-order valence-corrected chi connectivity index (χ2v) is 16.7. The number of nitrogens with zero attached hydrogens (tertiary/aromatic N) is 7. The quantitative estimate of drug-likeness (QED) is 0.178. The summed E-state index contributed by atoms with van der Waals surface area (Å²) in [5.41, 5.74) is 3.27. The number of guanidine groups is 1. The highest BCUT2D eigenvalue weighted by Gasteiger charge is 2.48. The first-order chi connectivity index (χ1) is 29.6. The Kier molecular flexibility index (Phi) is 11.6. The van der Waals surface area contributed by atoms with Crippen LogP contribution in [0.5, 0.6) is 5.88 Å². The number of carbonyl (C=O) groups excluding carboxylic acids is 4. The molecule has 14 nitrogen and oxygen atoms in total. The molecule has 0 unspecified atom stereocenters. The van der Waals surface area contributed by atoms with Gasteiger partial charge in [-0.25, -0.2) is 22.2 Å². The molecule has 2 saturated heterocycles. The predicted molar refractivity (Wildman–Crippen MR) is 221 cm³/mol. The van der Waals surface area contributed by atoms with Gasteiger partial charge in [-0.2, -0.15) is 10.1 Å². The number of aliphatic imine (C=N–C) groups is 1. The molecule has 6 heterocycles. The van der Waals surface area contributed by atoms with Gasteiger partial charge in [-0.05, 0) is 93.0 Å². The van der Waals surface area contributed by atoms with Gasteiger partial charge in [0.05, 0.1) is 53.9 Å². The van der Waals surface area contributed by atoms with Crippen molar-refractivity contribution in [2.75, 3.05) is 50.1 Å². The summed E-state index contributed by atoms with van der Waals surface area (Å²) in [7, 11) is 3.14. The predicted octanol–water partition coefficient (Wildman–Crippen LogP) is 5.85. The van der Waals surface area contributed by atoms with Gasteiger partial charge in [0.25, 0.3) is 17.7 Å². The number of piperidine rings is 2. The van der Waals surface area contributed by atoms with Crippen LogP contribution < -0.4 is 20.3 Å². The van der Waals surface area contributed by atoms with E-state index in [0.717, 1.165) is 23.5 Å². The Bertz CT molecular complexity index is 2470. The molecule has 4 aromatic rings. The van der Waals surface area contributed by atoms with Gasteiger partial charge in [0.15, 0.2) is 0 Å². The van der Waals surface area contributed by atoms with Crippen LogP contribution in [-0.4, -0.2) is 106 Å². The van der Waals surface area contributed by atoms with Crippen molar-refractivity contribution in [2.24, 2.45) is 18.0 Å². The largest absolute Gasteiger partial charge is 0.477 e. The van der Waals surface area contributed by atoms with Crippen molar-refractivity contribution in [3.63, 3.8) is 0 Å². The average Bonchev–Trinajstić information content (AvgIpc) is 3.75. The molecule has 2 fully saturated rings. The summed E-state index contributed by atoms with van der Waals surface area (Å²) in [4.78, 5) is 65.1. The molecule has 2 aromatic heterocycles. The maximum absolute atomic E-state index is 15.9. The molecule has 0 saturated carbocycles. The van der Waals surface area contributed by atoms with Crippen LogP contribution in [0.15, 0.2) is 53.7 Å². The van der Waals surface area contributed by atoms with Crippen LogP contribution in [0.1, 0.15) is 82.5 Å². The third-order valence-corrected chi connectivity index (χ3v) is 12.1. The number of hydrogen-bond acceptors (Lipinski definition) is 10. The highest BCUT2D eigenvalue weighted by Crippen LogP contribution is 2.38. The second kappa shape index (κ2) is 16.9. The summed E-state index contributed by atoms with van der Waals surface area (Å²) >= 11 is 0. The fourth-order valence-corrected chi connectivity index (χ4v) is 8.82. The molecule has 4 aliphatic heterocycles. The zero-order valence-corrected chi connectivity index (χ0v) is 34.8. The highest BCUT2D eigenvalue weighted by atomic mass is 19.3. The Hall–Kier alpha value is -6.17. The number of pyridine rings is 1. The van der Waals surface area contributed by atoms with Crippen molar-refractivity contribution in [3.8, 4) is 17.1 Å². The third-order valence-electron chi connectivity index (χ3n) is 12.1. The first-order valence-electron chi connectivity index (χ1n) is 20.7. The van der Waals surface area contributed by atoms with Crippen LogP contribution >= 0.6 is 0 Å². The van der Waals surface area contributed by atoms with Gasteiger partial charge in [-0.1, -0.05) is 6.92 Å². The van der Waals surface area contributed by atoms with Crippen molar-refractivity contribution >= 4 is 41.0 Å². The molecule has 18 heteroatoms. The van der Waals surface area contributed by atoms with Crippen LogP contribution in [-0.2, 0) is 23.1 Å². The molecule has 4 amide bonds. The Morgan fingerprint density at radius 3 is 2.55 bits per heavy atom. The Morgan fingerprint density at radius 2 is 1.81 bits per heavy atom. The minimum atomic E-state index is -3.32. The number of likely N-dealkylation sites (tertiary alicyclic amines) is 1. The monoisotopic (exact) mass is 857 g/mol. The van der Waals surface area contributed by atoms with Gasteiger partial charge in [0, 0.05) is 62.5 Å². The number of imide groups is 1. The van der Waals surface area contributed by atoms with Crippen molar-refractivity contribution in [2.45, 2.75) is 70.3 Å². The molecule has 8 rings (SSSR count). The molecule has 2 bridgehead atoms. The summed E-state index contributed by atoms with van der Waals surface area (Å²) in [6.07, 6.45) is 3.08. The number of hydrogen-bond donors (Lipinski definition) is 2. The van der Waals surface area contributed by atoms with E-state index in [-0.39, 0.29) is 61.8 Å². The second-order valence-electron chi connectivity index (χ2n) is 16.7. The topological polar surface area (TPSA) is 154 Å². The number of benzene rings is 2. The number of aryl methyl sites for hydroxylation is 2. The number of nitrogens with one attached hydrogen (secondary N) is 2. The fourth-order valence-electron chi connectivity index (χ4n) is 8.82. The smallest absolute Gasteiger partial charge is 0.280 e. The van der Waals surface area contributed by atoms with Crippen molar-refractivity contribution in [1.29, 1.82) is 0 Å². The van der Waals surface area contributed by atoms with Gasteiger partial charge in [-0.3, -0.25) is 34.4 Å². The number of ether oxygens (including phenoxy) is 1. The number of anilines is 2. The molecule has 0 aliphatic carbocycles. The summed E-state index contributed by atoms with van der Waals surface area (Å²) < 4.78 is 69.9. The lowest BCUT2D eigenvalue weighted by Crippen LogP contribution is -2.58. The van der Waals surface area contributed by atoms with Crippen molar-refractivity contribution in [3.05, 3.63) is 88.2 Å². The summed E-state index contributed by atoms with van der Waals surface area (Å²) in [5.74, 6) is -7.81. The van der Waals surface area contributed by atoms with Crippen LogP contribution in [0.2, 0.25) is 0 Å². The Morgan fingerprint density at radius 1 is 1.03 bits per heavy atom. The molecular weight excluding hydrogens is 811 g/mol. The van der Waals surface area contributed by atoms with Gasteiger partial charge < -0.3 is 19.9 Å². The van der Waals surface area contributed by atoms with Gasteiger partial charge >= 0.3 is 0 Å². The van der Waals surface area contributed by atoms with E-state index in [9.17, 15) is 19.2 Å². The van der Waals surface area contributed by atoms with E-state index in [0.29, 0.717) is 59.3 Å². The molecule has 326 valence electrons. The van der Waals surface area contributed by atoms with E-state index in [1.807, 2.05) is 4.90 Å². The van der Waals surface area contributed by atoms with E-state index < -0.39 is 65.3 Å². The zero-order valence-electron chi connectivity index (χ0n) is 34.8. The number of halogens is 4. The molecular formula is C44H47F4N9O5. The molecule has 0 spiro atoms. The van der Waals surface area contributed by atoms with Crippen LogP contribution in [0.4, 0.5) is 28.9 Å². The molecule has 3 atom stereocenters. The molecule has 0 radical (unpaired) electrons. The Labute approximate surface area is 355 Å². The van der Waals surface area contributed by atoms with Crippen LogP contribution in [0.3, 0.4) is 0 Å². The summed E-state index contributed by atoms with van der Waals surface area (Å²) in [5, 5.41) is 9.69. The molecule has 2 aromatic carbocycles. The third kappa shape index (κ3) is 8.52. The molecule has 2 N–H and O–H groups in total. The number of fused-ring (bicyclic) bond motifs is 7. The normalized spacial score (nSPS) is 22.5. The van der Waals surface area contributed by atoms with E-state index in [2.05, 4.69) is 32.6 Å². The van der Waals surface area contributed by atoms with E-state index >= 15 is 17.6 Å². The van der Waals surface area contributed by atoms with Crippen molar-refractivity contribution in [1.82, 2.24) is 29.9 Å². The lowest BCUT2D eigenvalue weighted by molar-refractivity contribution is -0.134. The molecule has 4 aliphatic rings. The minimum absolute atomic E-state index is 0.0161. The zero-order chi connectivity index (χ0) is 44.0. The highest BCUT2D eigenvalue weighted by molar-refractivity contribution is 6.19. The van der Waals surface area contributed by atoms with E-state index in [4.69, 9.17) is 4.74 Å². The number of rotatable bonds is 6.